The van der Waals surface area contributed by atoms with Crippen LogP contribution in [-0.4, -0.2) is 31.3 Å². The maximum atomic E-state index is 11.7. The van der Waals surface area contributed by atoms with E-state index in [-0.39, 0.29) is 5.91 Å². The van der Waals surface area contributed by atoms with Gasteiger partial charge in [-0.25, -0.2) is 0 Å². The highest BCUT2D eigenvalue weighted by atomic mass is 32.2. The predicted molar refractivity (Wildman–Crippen MR) is 75.8 cm³/mol. The van der Waals surface area contributed by atoms with E-state index >= 15 is 0 Å². The molecule has 0 atom stereocenters. The van der Waals surface area contributed by atoms with Crippen LogP contribution in [0.3, 0.4) is 0 Å². The lowest BCUT2D eigenvalue weighted by Gasteiger charge is -2.23. The maximum Gasteiger partial charge on any atom is 0.240 e. The highest BCUT2D eigenvalue weighted by Crippen LogP contribution is 2.33. The van der Waals surface area contributed by atoms with E-state index in [1.165, 1.54) is 4.90 Å². The van der Waals surface area contributed by atoms with E-state index in [1.807, 2.05) is 23.9 Å². The summed E-state index contributed by atoms with van der Waals surface area (Å²) in [5.74, 6) is 3.49. The monoisotopic (exact) mass is 260 g/mol. The molecule has 0 fully saturated rings. The Morgan fingerprint density at radius 2 is 2.33 bits per heavy atom. The summed E-state index contributed by atoms with van der Waals surface area (Å²) in [4.78, 5) is 15.1. The number of nitrogens with one attached hydrogen (secondary N) is 1. The molecule has 2 rings (SSSR count). The summed E-state index contributed by atoms with van der Waals surface area (Å²) in [6.07, 6.45) is 6.21. The van der Waals surface area contributed by atoms with Crippen LogP contribution in [0.5, 0.6) is 0 Å². The van der Waals surface area contributed by atoms with Gasteiger partial charge in [0.05, 0.1) is 18.8 Å². The van der Waals surface area contributed by atoms with Crippen molar-refractivity contribution in [2.24, 2.45) is 0 Å². The average molecular weight is 260 g/mol. The van der Waals surface area contributed by atoms with Gasteiger partial charge in [-0.2, -0.15) is 0 Å². The van der Waals surface area contributed by atoms with Gasteiger partial charge in [0.2, 0.25) is 5.91 Å². The fraction of sp³-hybridized carbons (Fsp3) is 0.357. The third-order valence-corrected chi connectivity index (χ3v) is 3.91. The van der Waals surface area contributed by atoms with E-state index < -0.39 is 0 Å². The average Bonchev–Trinajstić information content (AvgIpc) is 2.59. The molecule has 94 valence electrons. The molecule has 1 N–H and O–H groups in total. The molecule has 0 spiro atoms. The van der Waals surface area contributed by atoms with Crippen LogP contribution in [0.15, 0.2) is 29.2 Å². The van der Waals surface area contributed by atoms with Gasteiger partial charge in [-0.3, -0.25) is 4.79 Å². The molecule has 0 radical (unpaired) electrons. The molecule has 1 heterocycles. The zero-order valence-electron chi connectivity index (χ0n) is 10.2. The number of carbonyl (C=O) groups is 1. The van der Waals surface area contributed by atoms with Gasteiger partial charge in [-0.15, -0.1) is 18.2 Å². The number of thioether (sulfide) groups is 1. The normalized spacial score (nSPS) is 14.3. The topological polar surface area (TPSA) is 32.3 Å². The predicted octanol–water partition coefficient (Wildman–Crippen LogP) is 1.74. The van der Waals surface area contributed by atoms with Gasteiger partial charge in [-0.05, 0) is 24.3 Å². The van der Waals surface area contributed by atoms with Gasteiger partial charge in [0, 0.05) is 11.4 Å². The zero-order chi connectivity index (χ0) is 12.8. The van der Waals surface area contributed by atoms with Crippen molar-refractivity contribution in [2.45, 2.75) is 11.3 Å². The van der Waals surface area contributed by atoms with Crippen LogP contribution in [0.2, 0.25) is 0 Å². The van der Waals surface area contributed by atoms with Gasteiger partial charge in [-0.1, -0.05) is 18.1 Å². The van der Waals surface area contributed by atoms with Crippen molar-refractivity contribution >= 4 is 23.4 Å². The van der Waals surface area contributed by atoms with E-state index in [0.29, 0.717) is 13.1 Å². The number of hydrogen-bond acceptors (Lipinski definition) is 3. The van der Waals surface area contributed by atoms with Crippen LogP contribution >= 0.6 is 11.8 Å². The molecular formula is C14H16N2OS. The highest BCUT2D eigenvalue weighted by molar-refractivity contribution is 7.99. The van der Waals surface area contributed by atoms with Crippen molar-refractivity contribution in [1.29, 1.82) is 0 Å². The Kier molecular flexibility index (Phi) is 4.54. The van der Waals surface area contributed by atoms with Gasteiger partial charge in [0.25, 0.3) is 0 Å². The molecule has 1 aliphatic rings. The Hall–Kier alpha value is -1.60. The molecule has 1 amide bonds. The summed E-state index contributed by atoms with van der Waals surface area (Å²) in [6.45, 7) is 1.58. The molecule has 18 heavy (non-hydrogen) atoms. The molecule has 0 bridgehead atoms. The van der Waals surface area contributed by atoms with E-state index in [9.17, 15) is 4.79 Å². The Morgan fingerprint density at radius 3 is 3.17 bits per heavy atom. The first-order valence-electron chi connectivity index (χ1n) is 5.98. The van der Waals surface area contributed by atoms with E-state index in [4.69, 9.17) is 6.42 Å². The number of carbonyl (C=O) groups excluding carboxylic acids is 1. The summed E-state index contributed by atoms with van der Waals surface area (Å²) in [7, 11) is 0. The molecule has 0 aromatic heterocycles. The smallest absolute Gasteiger partial charge is 0.240 e. The third kappa shape index (κ3) is 3.21. The van der Waals surface area contributed by atoms with Crippen LogP contribution in [0.25, 0.3) is 0 Å². The second-order valence-electron chi connectivity index (χ2n) is 4.07. The Bertz CT molecular complexity index is 467. The number of amides is 1. The van der Waals surface area contributed by atoms with E-state index in [2.05, 4.69) is 28.3 Å². The summed E-state index contributed by atoms with van der Waals surface area (Å²) in [5, 5.41) is 2.71. The van der Waals surface area contributed by atoms with Crippen LogP contribution < -0.4 is 10.2 Å². The van der Waals surface area contributed by atoms with E-state index in [0.717, 1.165) is 24.4 Å². The van der Waals surface area contributed by atoms with Crippen LogP contribution in [0.1, 0.15) is 6.42 Å². The number of nitrogens with zero attached hydrogens (tertiary/aromatic N) is 1. The van der Waals surface area contributed by atoms with Crippen molar-refractivity contribution in [2.75, 3.05) is 30.3 Å². The fourth-order valence-electron chi connectivity index (χ4n) is 1.94. The van der Waals surface area contributed by atoms with Crippen molar-refractivity contribution in [3.63, 3.8) is 0 Å². The first-order valence-corrected chi connectivity index (χ1v) is 6.97. The second-order valence-corrected chi connectivity index (χ2v) is 5.21. The Morgan fingerprint density at radius 1 is 1.50 bits per heavy atom. The first kappa shape index (κ1) is 12.8. The minimum absolute atomic E-state index is 0.0188. The zero-order valence-corrected chi connectivity index (χ0v) is 11.0. The number of para-hydroxylation sites is 1. The second kappa shape index (κ2) is 6.36. The maximum absolute atomic E-state index is 11.7. The summed E-state index contributed by atoms with van der Waals surface area (Å²) in [6, 6.07) is 8.23. The standard InChI is InChI=1S/C14H16N2OS/c1-2-8-15-14(17)11-16-9-5-10-18-13-7-4-3-6-12(13)16/h1,3-4,6-7H,5,8-11H2,(H,15,17). The third-order valence-electron chi connectivity index (χ3n) is 2.76. The van der Waals surface area contributed by atoms with Crippen molar-refractivity contribution in [1.82, 2.24) is 5.32 Å². The molecule has 1 aromatic carbocycles. The molecule has 1 aromatic rings. The fourth-order valence-corrected chi connectivity index (χ4v) is 2.95. The molecule has 3 nitrogen and oxygen atoms in total. The Labute approximate surface area is 112 Å². The van der Waals surface area contributed by atoms with Crippen molar-refractivity contribution in [3.05, 3.63) is 24.3 Å². The minimum atomic E-state index is -0.0188. The van der Waals surface area contributed by atoms with Gasteiger partial charge < -0.3 is 10.2 Å². The summed E-state index contributed by atoms with van der Waals surface area (Å²) >= 11 is 1.85. The molecule has 0 saturated carbocycles. The largest absolute Gasteiger partial charge is 0.361 e. The van der Waals surface area contributed by atoms with Crippen LogP contribution in [0, 0.1) is 12.3 Å². The lowest BCUT2D eigenvalue weighted by Crippen LogP contribution is -2.37. The van der Waals surface area contributed by atoms with Crippen LogP contribution in [-0.2, 0) is 4.79 Å². The lowest BCUT2D eigenvalue weighted by atomic mass is 10.2. The Balaban J connectivity index is 2.08. The number of benzene rings is 1. The van der Waals surface area contributed by atoms with Gasteiger partial charge in [0.1, 0.15) is 0 Å². The SMILES string of the molecule is C#CCNC(=O)CN1CCCSc2ccccc21. The molecule has 4 heteroatoms. The van der Waals surface area contributed by atoms with Gasteiger partial charge >= 0.3 is 0 Å². The van der Waals surface area contributed by atoms with Gasteiger partial charge in [0.15, 0.2) is 0 Å². The quantitative estimate of drug-likeness (QED) is 0.840. The van der Waals surface area contributed by atoms with Crippen molar-refractivity contribution in [3.8, 4) is 12.3 Å². The number of hydrogen-bond donors (Lipinski definition) is 1. The minimum Gasteiger partial charge on any atom is -0.361 e. The highest BCUT2D eigenvalue weighted by Gasteiger charge is 2.17. The van der Waals surface area contributed by atoms with E-state index in [1.54, 1.807) is 0 Å². The number of rotatable bonds is 3. The van der Waals surface area contributed by atoms with Crippen molar-refractivity contribution < 1.29 is 4.79 Å². The molecule has 0 unspecified atom stereocenters. The molecule has 0 aliphatic carbocycles. The number of anilines is 1. The lowest BCUT2D eigenvalue weighted by molar-refractivity contribution is -0.119. The number of fused-ring (bicyclic) bond motifs is 1. The number of terminal acetylenes is 1. The summed E-state index contributed by atoms with van der Waals surface area (Å²) in [5.41, 5.74) is 1.15. The first-order chi connectivity index (χ1) is 8.81. The molecule has 0 saturated heterocycles. The molecular weight excluding hydrogens is 244 g/mol. The summed E-state index contributed by atoms with van der Waals surface area (Å²) < 4.78 is 0. The molecule has 1 aliphatic heterocycles. The van der Waals surface area contributed by atoms with Crippen LogP contribution in [0.4, 0.5) is 5.69 Å².